The molecule has 1 saturated heterocycles. The van der Waals surface area contributed by atoms with E-state index in [4.69, 9.17) is 0 Å². The van der Waals surface area contributed by atoms with Crippen LogP contribution in [0.4, 0.5) is 0 Å². The fourth-order valence-corrected chi connectivity index (χ4v) is 3.59. The van der Waals surface area contributed by atoms with Gasteiger partial charge in [0, 0.05) is 31.4 Å². The summed E-state index contributed by atoms with van der Waals surface area (Å²) in [6, 6.07) is 11.3. The quantitative estimate of drug-likeness (QED) is 0.871. The molecule has 1 heterocycles. The number of nitrogens with zero attached hydrogens (tertiary/aromatic N) is 1. The molecule has 4 nitrogen and oxygen atoms in total. The van der Waals surface area contributed by atoms with Crippen LogP contribution in [0.5, 0.6) is 0 Å². The molecule has 2 rings (SSSR count). The first-order valence-corrected chi connectivity index (χ1v) is 9.75. The fraction of sp³-hybridized carbons (Fsp3) is 0.625. The number of hydrogen-bond acceptors (Lipinski definition) is 4. The topological polar surface area (TPSA) is 49.4 Å². The van der Waals surface area contributed by atoms with Gasteiger partial charge in [-0.15, -0.1) is 0 Å². The van der Waals surface area contributed by atoms with Crippen molar-refractivity contribution in [1.29, 1.82) is 0 Å². The summed E-state index contributed by atoms with van der Waals surface area (Å²) in [5.41, 5.74) is 1.30. The van der Waals surface area contributed by atoms with Gasteiger partial charge in [-0.3, -0.25) is 4.90 Å². The van der Waals surface area contributed by atoms with E-state index < -0.39 is 9.84 Å². The lowest BCUT2D eigenvalue weighted by atomic mass is 10.00. The summed E-state index contributed by atoms with van der Waals surface area (Å²) >= 11 is 0. The Labute approximate surface area is 128 Å². The van der Waals surface area contributed by atoms with Crippen LogP contribution in [0.3, 0.4) is 0 Å². The minimum atomic E-state index is -2.87. The van der Waals surface area contributed by atoms with Crippen LogP contribution in [0.25, 0.3) is 0 Å². The zero-order valence-corrected chi connectivity index (χ0v) is 13.8. The van der Waals surface area contributed by atoms with Gasteiger partial charge in [0.25, 0.3) is 0 Å². The molecular formula is C16H26N2O2S. The Bertz CT molecular complexity index is 530. The summed E-state index contributed by atoms with van der Waals surface area (Å²) in [7, 11) is -2.87. The molecule has 1 aromatic carbocycles. The molecule has 1 N–H and O–H groups in total. The van der Waals surface area contributed by atoms with Crippen LogP contribution < -0.4 is 5.32 Å². The van der Waals surface area contributed by atoms with E-state index in [-0.39, 0.29) is 5.75 Å². The fourth-order valence-electron chi connectivity index (χ4n) is 2.94. The van der Waals surface area contributed by atoms with Crippen molar-refractivity contribution in [1.82, 2.24) is 10.2 Å². The van der Waals surface area contributed by atoms with Crippen LogP contribution in [0.15, 0.2) is 30.3 Å². The maximum absolute atomic E-state index is 11.3. The van der Waals surface area contributed by atoms with Crippen LogP contribution in [-0.2, 0) is 9.84 Å². The predicted octanol–water partition coefficient (Wildman–Crippen LogP) is 1.85. The summed E-state index contributed by atoms with van der Waals surface area (Å²) < 4.78 is 22.6. The molecule has 0 aliphatic carbocycles. The Balaban J connectivity index is 2.03. The lowest BCUT2D eigenvalue weighted by Gasteiger charge is -2.40. The molecule has 2 atom stereocenters. The molecular weight excluding hydrogens is 284 g/mol. The van der Waals surface area contributed by atoms with Crippen LogP contribution in [-0.4, -0.2) is 51.0 Å². The second kappa shape index (κ2) is 7.38. The average Bonchev–Trinajstić information content (AvgIpc) is 2.46. The Kier molecular flexibility index (Phi) is 5.79. The molecule has 118 valence electrons. The van der Waals surface area contributed by atoms with Gasteiger partial charge in [-0.25, -0.2) is 8.42 Å². The number of hydrogen-bond donors (Lipinski definition) is 1. The van der Waals surface area contributed by atoms with Gasteiger partial charge in [-0.05, 0) is 24.9 Å². The van der Waals surface area contributed by atoms with Crippen molar-refractivity contribution in [2.24, 2.45) is 0 Å². The molecule has 1 aliphatic heterocycles. The van der Waals surface area contributed by atoms with Crippen molar-refractivity contribution < 1.29 is 8.42 Å². The van der Waals surface area contributed by atoms with E-state index in [1.807, 2.05) is 6.07 Å². The summed E-state index contributed by atoms with van der Waals surface area (Å²) in [6.07, 6.45) is 3.12. The van der Waals surface area contributed by atoms with E-state index in [1.165, 1.54) is 11.8 Å². The van der Waals surface area contributed by atoms with Crippen molar-refractivity contribution in [2.75, 3.05) is 31.6 Å². The van der Waals surface area contributed by atoms with Crippen LogP contribution in [0.1, 0.15) is 31.4 Å². The Hall–Kier alpha value is -0.910. The molecule has 0 saturated carbocycles. The van der Waals surface area contributed by atoms with Gasteiger partial charge in [-0.2, -0.15) is 0 Å². The first-order chi connectivity index (χ1) is 9.99. The number of sulfone groups is 1. The second-order valence-corrected chi connectivity index (χ2v) is 8.18. The van der Waals surface area contributed by atoms with E-state index in [0.717, 1.165) is 26.1 Å². The lowest BCUT2D eigenvalue weighted by molar-refractivity contribution is 0.129. The first kappa shape index (κ1) is 16.5. The van der Waals surface area contributed by atoms with Gasteiger partial charge in [0.15, 0.2) is 0 Å². The summed E-state index contributed by atoms with van der Waals surface area (Å²) in [6.45, 7) is 4.95. The smallest absolute Gasteiger partial charge is 0.147 e. The highest BCUT2D eigenvalue weighted by molar-refractivity contribution is 7.90. The number of benzene rings is 1. The highest BCUT2D eigenvalue weighted by Crippen LogP contribution is 2.24. The van der Waals surface area contributed by atoms with Crippen LogP contribution >= 0.6 is 0 Å². The third-order valence-electron chi connectivity index (χ3n) is 4.13. The molecule has 0 radical (unpaired) electrons. The van der Waals surface area contributed by atoms with Crippen molar-refractivity contribution in [3.8, 4) is 0 Å². The molecule has 5 heteroatoms. The molecule has 0 bridgehead atoms. The third kappa shape index (κ3) is 5.09. The van der Waals surface area contributed by atoms with Crippen LogP contribution in [0, 0.1) is 0 Å². The van der Waals surface area contributed by atoms with E-state index in [0.29, 0.717) is 18.5 Å². The van der Waals surface area contributed by atoms with Gasteiger partial charge < -0.3 is 5.32 Å². The van der Waals surface area contributed by atoms with E-state index in [1.54, 1.807) is 0 Å². The minimum absolute atomic E-state index is 0.273. The summed E-state index contributed by atoms with van der Waals surface area (Å²) in [5, 5.41) is 3.59. The molecule has 1 fully saturated rings. The van der Waals surface area contributed by atoms with Gasteiger partial charge in [0.1, 0.15) is 9.84 Å². The highest BCUT2D eigenvalue weighted by Gasteiger charge is 2.27. The Morgan fingerprint density at radius 1 is 1.29 bits per heavy atom. The molecule has 0 aromatic heterocycles. The molecule has 0 spiro atoms. The van der Waals surface area contributed by atoms with Crippen LogP contribution in [0.2, 0.25) is 0 Å². The largest absolute Gasteiger partial charge is 0.311 e. The predicted molar refractivity (Wildman–Crippen MR) is 87.2 cm³/mol. The lowest BCUT2D eigenvalue weighted by Crippen LogP contribution is -2.52. The van der Waals surface area contributed by atoms with Gasteiger partial charge in [0.05, 0.1) is 5.75 Å². The monoisotopic (exact) mass is 310 g/mol. The molecule has 1 aliphatic rings. The van der Waals surface area contributed by atoms with E-state index in [2.05, 4.69) is 41.4 Å². The van der Waals surface area contributed by atoms with E-state index in [9.17, 15) is 8.42 Å². The van der Waals surface area contributed by atoms with Crippen molar-refractivity contribution in [3.05, 3.63) is 35.9 Å². The molecule has 1 aromatic rings. The maximum atomic E-state index is 11.3. The molecule has 0 amide bonds. The summed E-state index contributed by atoms with van der Waals surface area (Å²) in [5.74, 6) is 0.273. The summed E-state index contributed by atoms with van der Waals surface area (Å²) in [4.78, 5) is 2.44. The number of nitrogens with one attached hydrogen (secondary N) is 1. The van der Waals surface area contributed by atoms with Crippen molar-refractivity contribution >= 4 is 9.84 Å². The Morgan fingerprint density at radius 2 is 2.00 bits per heavy atom. The Morgan fingerprint density at radius 3 is 2.62 bits per heavy atom. The molecule has 21 heavy (non-hydrogen) atoms. The average molecular weight is 310 g/mol. The first-order valence-electron chi connectivity index (χ1n) is 7.69. The SMILES string of the molecule is CCC1CN(CCCS(C)(=O)=O)C(c2ccccc2)CN1. The minimum Gasteiger partial charge on any atom is -0.311 e. The van der Waals surface area contributed by atoms with Gasteiger partial charge >= 0.3 is 0 Å². The normalized spacial score (nSPS) is 24.1. The van der Waals surface area contributed by atoms with Crippen molar-refractivity contribution in [2.45, 2.75) is 31.8 Å². The number of rotatable bonds is 6. The second-order valence-electron chi connectivity index (χ2n) is 5.92. The third-order valence-corrected chi connectivity index (χ3v) is 5.16. The standard InChI is InChI=1S/C16H26N2O2S/c1-3-15-13-18(10-7-11-21(2,19)20)16(12-17-15)14-8-5-4-6-9-14/h4-6,8-9,15-17H,3,7,10-13H2,1-2H3. The zero-order chi connectivity index (χ0) is 15.3. The molecule has 2 unspecified atom stereocenters. The highest BCUT2D eigenvalue weighted by atomic mass is 32.2. The van der Waals surface area contributed by atoms with Gasteiger partial charge in [-0.1, -0.05) is 37.3 Å². The maximum Gasteiger partial charge on any atom is 0.147 e. The van der Waals surface area contributed by atoms with Gasteiger partial charge in [0.2, 0.25) is 0 Å². The van der Waals surface area contributed by atoms with E-state index >= 15 is 0 Å². The zero-order valence-electron chi connectivity index (χ0n) is 13.0. The number of piperazine rings is 1. The van der Waals surface area contributed by atoms with Crippen molar-refractivity contribution in [3.63, 3.8) is 0 Å².